The predicted molar refractivity (Wildman–Crippen MR) is 62.0 cm³/mol. The van der Waals surface area contributed by atoms with Crippen LogP contribution >= 0.6 is 11.6 Å². The Kier molecular flexibility index (Phi) is 3.90. The van der Waals surface area contributed by atoms with E-state index in [1.807, 2.05) is 0 Å². The Morgan fingerprint density at radius 3 is 2.07 bits per heavy atom. The molecule has 0 saturated heterocycles. The number of nitrogens with zero attached hydrogens (tertiary/aromatic N) is 1. The van der Waals surface area contributed by atoms with E-state index in [0.29, 0.717) is 18.2 Å². The molecule has 2 aliphatic rings. The molecule has 0 bridgehead atoms. The van der Waals surface area contributed by atoms with Crippen LogP contribution in [0.25, 0.3) is 0 Å². The second-order valence-corrected chi connectivity index (χ2v) is 5.36. The van der Waals surface area contributed by atoms with Crippen LogP contribution in [-0.4, -0.2) is 29.8 Å². The lowest BCUT2D eigenvalue weighted by atomic mass is 10.2. The minimum Gasteiger partial charge on any atom is -0.342 e. The van der Waals surface area contributed by atoms with Crippen molar-refractivity contribution in [3.05, 3.63) is 0 Å². The summed E-state index contributed by atoms with van der Waals surface area (Å²) in [5.41, 5.74) is 0. The van der Waals surface area contributed by atoms with Crippen LogP contribution in [0, 0.1) is 11.8 Å². The molecule has 0 aliphatic heterocycles. The van der Waals surface area contributed by atoms with Crippen molar-refractivity contribution < 1.29 is 4.79 Å². The second kappa shape index (κ2) is 5.20. The van der Waals surface area contributed by atoms with Gasteiger partial charge in [-0.15, -0.1) is 11.6 Å². The Morgan fingerprint density at radius 1 is 1.13 bits per heavy atom. The highest BCUT2D eigenvalue weighted by Gasteiger charge is 2.30. The fraction of sp³-hybridized carbons (Fsp3) is 0.917. The molecule has 2 saturated carbocycles. The first-order valence-electron chi connectivity index (χ1n) is 6.13. The Balaban J connectivity index is 1.75. The van der Waals surface area contributed by atoms with E-state index in [-0.39, 0.29) is 0 Å². The molecule has 0 aromatic heterocycles. The van der Waals surface area contributed by atoms with Crippen LogP contribution in [0.4, 0.5) is 0 Å². The van der Waals surface area contributed by atoms with Gasteiger partial charge in [0.05, 0.1) is 0 Å². The number of carbonyl (C=O) groups is 1. The number of carbonyl (C=O) groups excluding carboxylic acids is 1. The summed E-state index contributed by atoms with van der Waals surface area (Å²) in [7, 11) is 0. The van der Waals surface area contributed by atoms with Gasteiger partial charge in [-0.3, -0.25) is 4.79 Å². The van der Waals surface area contributed by atoms with Crippen LogP contribution in [0.5, 0.6) is 0 Å². The fourth-order valence-electron chi connectivity index (χ4n) is 1.88. The standard InChI is InChI=1S/C12H20ClNO/c13-7-1-2-12(15)14(8-10-3-4-10)9-11-5-6-11/h10-11H,1-9H2. The zero-order chi connectivity index (χ0) is 10.7. The number of halogens is 1. The molecule has 15 heavy (non-hydrogen) atoms. The van der Waals surface area contributed by atoms with Crippen molar-refractivity contribution >= 4 is 17.5 Å². The Hall–Kier alpha value is -0.240. The van der Waals surface area contributed by atoms with Gasteiger partial charge in [0.15, 0.2) is 0 Å². The van der Waals surface area contributed by atoms with Crippen molar-refractivity contribution in [3.63, 3.8) is 0 Å². The number of hydrogen-bond donors (Lipinski definition) is 0. The molecule has 1 amide bonds. The third-order valence-corrected chi connectivity index (χ3v) is 3.50. The molecule has 0 N–H and O–H groups in total. The molecule has 3 heteroatoms. The number of alkyl halides is 1. The third-order valence-electron chi connectivity index (χ3n) is 3.23. The highest BCUT2D eigenvalue weighted by molar-refractivity contribution is 6.17. The summed E-state index contributed by atoms with van der Waals surface area (Å²) < 4.78 is 0. The van der Waals surface area contributed by atoms with Crippen molar-refractivity contribution in [1.29, 1.82) is 0 Å². The summed E-state index contributed by atoms with van der Waals surface area (Å²) in [6.07, 6.45) is 6.76. The van der Waals surface area contributed by atoms with Crippen molar-refractivity contribution in [3.8, 4) is 0 Å². The first-order valence-corrected chi connectivity index (χ1v) is 6.67. The molecule has 0 spiro atoms. The summed E-state index contributed by atoms with van der Waals surface area (Å²) >= 11 is 5.62. The molecule has 0 unspecified atom stereocenters. The van der Waals surface area contributed by atoms with E-state index in [1.165, 1.54) is 25.7 Å². The third kappa shape index (κ3) is 4.02. The molecule has 0 aromatic rings. The maximum atomic E-state index is 11.9. The average molecular weight is 230 g/mol. The van der Waals surface area contributed by atoms with Crippen molar-refractivity contribution in [2.75, 3.05) is 19.0 Å². The van der Waals surface area contributed by atoms with E-state index in [1.54, 1.807) is 0 Å². The van der Waals surface area contributed by atoms with Gasteiger partial charge < -0.3 is 4.90 Å². The predicted octanol–water partition coefficient (Wildman–Crippen LogP) is 2.65. The average Bonchev–Trinajstić information content (AvgIpc) is 3.06. The van der Waals surface area contributed by atoms with Gasteiger partial charge in [-0.05, 0) is 43.9 Å². The molecular weight excluding hydrogens is 210 g/mol. The van der Waals surface area contributed by atoms with E-state index in [2.05, 4.69) is 4.90 Å². The van der Waals surface area contributed by atoms with Gasteiger partial charge in [0, 0.05) is 25.4 Å². The Bertz CT molecular complexity index is 210. The Labute approximate surface area is 97.0 Å². The first-order chi connectivity index (χ1) is 7.29. The molecule has 2 rings (SSSR count). The molecule has 2 fully saturated rings. The van der Waals surface area contributed by atoms with E-state index in [9.17, 15) is 4.79 Å². The van der Waals surface area contributed by atoms with Gasteiger partial charge >= 0.3 is 0 Å². The lowest BCUT2D eigenvalue weighted by Gasteiger charge is -2.22. The molecule has 2 aliphatic carbocycles. The quantitative estimate of drug-likeness (QED) is 0.615. The van der Waals surface area contributed by atoms with Crippen LogP contribution in [0.1, 0.15) is 38.5 Å². The van der Waals surface area contributed by atoms with Crippen LogP contribution in [0.15, 0.2) is 0 Å². The van der Waals surface area contributed by atoms with E-state index in [4.69, 9.17) is 11.6 Å². The lowest BCUT2D eigenvalue weighted by molar-refractivity contribution is -0.131. The molecule has 0 atom stereocenters. The van der Waals surface area contributed by atoms with Crippen LogP contribution in [0.3, 0.4) is 0 Å². The lowest BCUT2D eigenvalue weighted by Crippen LogP contribution is -2.34. The largest absolute Gasteiger partial charge is 0.342 e. The summed E-state index contributed by atoms with van der Waals surface area (Å²) in [5, 5.41) is 0. The second-order valence-electron chi connectivity index (χ2n) is 4.98. The zero-order valence-corrected chi connectivity index (χ0v) is 10.0. The summed E-state index contributed by atoms with van der Waals surface area (Å²) in [6.45, 7) is 2.02. The van der Waals surface area contributed by atoms with Gasteiger partial charge in [0.1, 0.15) is 0 Å². The van der Waals surface area contributed by atoms with Gasteiger partial charge in [0.2, 0.25) is 5.91 Å². The monoisotopic (exact) mass is 229 g/mol. The minimum atomic E-state index is 0.328. The fourth-order valence-corrected chi connectivity index (χ4v) is 2.01. The van der Waals surface area contributed by atoms with Crippen LogP contribution < -0.4 is 0 Å². The molecule has 86 valence electrons. The topological polar surface area (TPSA) is 20.3 Å². The first kappa shape index (κ1) is 11.3. The number of amides is 1. The molecule has 0 heterocycles. The normalized spacial score (nSPS) is 20.3. The molecule has 0 radical (unpaired) electrons. The SMILES string of the molecule is O=C(CCCCl)N(CC1CC1)CC1CC1. The van der Waals surface area contributed by atoms with Crippen LogP contribution in [0.2, 0.25) is 0 Å². The van der Waals surface area contributed by atoms with Crippen molar-refractivity contribution in [2.45, 2.75) is 38.5 Å². The van der Waals surface area contributed by atoms with Gasteiger partial charge in [-0.2, -0.15) is 0 Å². The van der Waals surface area contributed by atoms with E-state index < -0.39 is 0 Å². The summed E-state index contributed by atoms with van der Waals surface area (Å²) in [6, 6.07) is 0. The van der Waals surface area contributed by atoms with E-state index in [0.717, 1.165) is 31.3 Å². The van der Waals surface area contributed by atoms with Crippen molar-refractivity contribution in [2.24, 2.45) is 11.8 Å². The zero-order valence-electron chi connectivity index (χ0n) is 9.25. The van der Waals surface area contributed by atoms with E-state index >= 15 is 0 Å². The number of hydrogen-bond acceptors (Lipinski definition) is 1. The molecule has 0 aromatic carbocycles. The highest BCUT2D eigenvalue weighted by atomic mass is 35.5. The highest BCUT2D eigenvalue weighted by Crippen LogP contribution is 2.33. The number of rotatable bonds is 7. The van der Waals surface area contributed by atoms with Gasteiger partial charge in [0.25, 0.3) is 0 Å². The van der Waals surface area contributed by atoms with Gasteiger partial charge in [-0.1, -0.05) is 0 Å². The smallest absolute Gasteiger partial charge is 0.222 e. The summed E-state index contributed by atoms with van der Waals surface area (Å²) in [5.74, 6) is 2.55. The van der Waals surface area contributed by atoms with Gasteiger partial charge in [-0.25, -0.2) is 0 Å². The molecule has 2 nitrogen and oxygen atoms in total. The van der Waals surface area contributed by atoms with Crippen molar-refractivity contribution in [1.82, 2.24) is 4.90 Å². The summed E-state index contributed by atoms with van der Waals surface area (Å²) in [4.78, 5) is 14.0. The maximum absolute atomic E-state index is 11.9. The minimum absolute atomic E-state index is 0.328. The maximum Gasteiger partial charge on any atom is 0.222 e. The van der Waals surface area contributed by atoms with Crippen LogP contribution in [-0.2, 0) is 4.79 Å². The molecular formula is C12H20ClNO. The Morgan fingerprint density at radius 2 is 1.67 bits per heavy atom.